The summed E-state index contributed by atoms with van der Waals surface area (Å²) in [5.41, 5.74) is 3.21. The summed E-state index contributed by atoms with van der Waals surface area (Å²) < 4.78 is 10.7. The average molecular weight is 418 g/mol. The van der Waals surface area contributed by atoms with Gasteiger partial charge in [0, 0.05) is 22.8 Å². The Balaban J connectivity index is 1.51. The van der Waals surface area contributed by atoms with Gasteiger partial charge in [0.2, 0.25) is 0 Å². The number of carbonyl (C=O) groups excluding carboxylic acids is 1. The minimum Gasteiger partial charge on any atom is -0.497 e. The molecule has 0 radical (unpaired) electrons. The normalized spacial score (nSPS) is 14.5. The van der Waals surface area contributed by atoms with Crippen LogP contribution in [0.2, 0.25) is 0 Å². The zero-order valence-corrected chi connectivity index (χ0v) is 18.1. The number of nitrogens with zero attached hydrogens (tertiary/aromatic N) is 1. The highest BCUT2D eigenvalue weighted by atomic mass is 16.5. The second-order valence-electron chi connectivity index (χ2n) is 7.81. The van der Waals surface area contributed by atoms with Crippen LogP contribution >= 0.6 is 0 Å². The second kappa shape index (κ2) is 9.67. The minimum absolute atomic E-state index is 0.0206. The van der Waals surface area contributed by atoms with E-state index in [4.69, 9.17) is 9.47 Å². The van der Waals surface area contributed by atoms with Gasteiger partial charge in [0.25, 0.3) is 5.91 Å². The highest BCUT2D eigenvalue weighted by Crippen LogP contribution is 2.24. The molecule has 1 saturated heterocycles. The Morgan fingerprint density at radius 2 is 1.29 bits per heavy atom. The van der Waals surface area contributed by atoms with Crippen molar-refractivity contribution in [3.8, 4) is 11.5 Å². The summed E-state index contributed by atoms with van der Waals surface area (Å²) in [4.78, 5) is 16.6. The minimum atomic E-state index is 0.0206. The summed E-state index contributed by atoms with van der Waals surface area (Å²) in [6.07, 6.45) is 0. The Labute approximate surface area is 183 Å². The monoisotopic (exact) mass is 417 g/mol. The molecule has 1 heterocycles. The molecule has 5 nitrogen and oxygen atoms in total. The fraction of sp³-hybridized carbons (Fsp3) is 0.269. The standard InChI is InChI=1S/C26H28N2O3/c1-30-23-17-22(18-24(19-23)31-2)26(29)28-15-13-27(14-16-28)25(20-9-5-3-6-10-20)21-11-7-4-8-12-21/h3-12,17-19,25H,13-16H2,1-2H3/p+1. The van der Waals surface area contributed by atoms with Crippen molar-refractivity contribution in [2.24, 2.45) is 0 Å². The van der Waals surface area contributed by atoms with Crippen LogP contribution in [0.1, 0.15) is 27.5 Å². The Morgan fingerprint density at radius 3 is 1.74 bits per heavy atom. The number of rotatable bonds is 6. The highest BCUT2D eigenvalue weighted by Gasteiger charge is 2.32. The van der Waals surface area contributed by atoms with E-state index in [0.29, 0.717) is 30.2 Å². The van der Waals surface area contributed by atoms with Gasteiger partial charge < -0.3 is 19.3 Å². The van der Waals surface area contributed by atoms with Crippen LogP contribution in [0.25, 0.3) is 0 Å². The summed E-state index contributed by atoms with van der Waals surface area (Å²) in [5.74, 6) is 1.27. The molecule has 0 unspecified atom stereocenters. The van der Waals surface area contributed by atoms with Gasteiger partial charge in [-0.15, -0.1) is 0 Å². The first-order valence-corrected chi connectivity index (χ1v) is 10.7. The maximum Gasteiger partial charge on any atom is 0.254 e. The zero-order valence-electron chi connectivity index (χ0n) is 18.1. The number of benzene rings is 3. The molecular formula is C26H29N2O3+. The molecule has 3 aromatic rings. The zero-order chi connectivity index (χ0) is 21.6. The topological polar surface area (TPSA) is 43.2 Å². The van der Waals surface area contributed by atoms with E-state index in [-0.39, 0.29) is 11.9 Å². The van der Waals surface area contributed by atoms with E-state index < -0.39 is 0 Å². The third kappa shape index (κ3) is 4.72. The van der Waals surface area contributed by atoms with E-state index in [1.165, 1.54) is 16.0 Å². The van der Waals surface area contributed by atoms with E-state index in [1.807, 2.05) is 4.90 Å². The number of quaternary nitrogens is 1. The van der Waals surface area contributed by atoms with Crippen LogP contribution in [0.3, 0.4) is 0 Å². The molecule has 1 aliphatic rings. The first kappa shape index (κ1) is 20.9. The Morgan fingerprint density at radius 1 is 0.806 bits per heavy atom. The first-order chi connectivity index (χ1) is 15.2. The molecule has 5 heteroatoms. The Kier molecular flexibility index (Phi) is 6.53. The predicted molar refractivity (Wildman–Crippen MR) is 121 cm³/mol. The average Bonchev–Trinajstić information content (AvgIpc) is 2.85. The van der Waals surface area contributed by atoms with Gasteiger partial charge in [-0.3, -0.25) is 4.79 Å². The smallest absolute Gasteiger partial charge is 0.254 e. The molecule has 4 rings (SSSR count). The molecule has 0 spiro atoms. The van der Waals surface area contributed by atoms with Gasteiger partial charge in [-0.1, -0.05) is 60.7 Å². The number of piperazine rings is 1. The van der Waals surface area contributed by atoms with E-state index in [0.717, 1.165) is 13.1 Å². The van der Waals surface area contributed by atoms with Crippen LogP contribution in [-0.4, -0.2) is 51.2 Å². The van der Waals surface area contributed by atoms with Crippen LogP contribution in [-0.2, 0) is 0 Å². The van der Waals surface area contributed by atoms with Crippen molar-refractivity contribution in [2.45, 2.75) is 6.04 Å². The number of amides is 1. The van der Waals surface area contributed by atoms with Gasteiger partial charge in [0.15, 0.2) is 0 Å². The quantitative estimate of drug-likeness (QED) is 0.671. The summed E-state index contributed by atoms with van der Waals surface area (Å²) in [7, 11) is 3.19. The summed E-state index contributed by atoms with van der Waals surface area (Å²) in [6, 6.07) is 26.9. The van der Waals surface area contributed by atoms with Gasteiger partial charge in [-0.2, -0.15) is 0 Å². The molecule has 1 fully saturated rings. The Bertz CT molecular complexity index is 938. The second-order valence-corrected chi connectivity index (χ2v) is 7.81. The maximum atomic E-state index is 13.2. The van der Waals surface area contributed by atoms with Crippen molar-refractivity contribution in [3.05, 3.63) is 95.6 Å². The molecular weight excluding hydrogens is 388 g/mol. The molecule has 160 valence electrons. The summed E-state index contributed by atoms with van der Waals surface area (Å²) >= 11 is 0. The molecule has 0 bridgehead atoms. The number of ether oxygens (including phenoxy) is 2. The molecule has 0 atom stereocenters. The molecule has 0 aliphatic carbocycles. The van der Waals surface area contributed by atoms with Gasteiger partial charge >= 0.3 is 0 Å². The largest absolute Gasteiger partial charge is 0.497 e. The van der Waals surface area contributed by atoms with Crippen LogP contribution in [0, 0.1) is 0 Å². The van der Waals surface area contributed by atoms with E-state index in [2.05, 4.69) is 60.7 Å². The van der Waals surface area contributed by atoms with Crippen molar-refractivity contribution in [3.63, 3.8) is 0 Å². The fourth-order valence-corrected chi connectivity index (χ4v) is 4.35. The van der Waals surface area contributed by atoms with Crippen LogP contribution in [0.15, 0.2) is 78.9 Å². The predicted octanol–water partition coefficient (Wildman–Crippen LogP) is 2.83. The summed E-state index contributed by atoms with van der Waals surface area (Å²) in [5, 5.41) is 0. The lowest BCUT2D eigenvalue weighted by Crippen LogP contribution is -3.15. The van der Waals surface area contributed by atoms with Crippen molar-refractivity contribution in [1.82, 2.24) is 4.90 Å². The molecule has 31 heavy (non-hydrogen) atoms. The number of nitrogens with one attached hydrogen (secondary N) is 1. The van der Waals surface area contributed by atoms with Crippen molar-refractivity contribution in [2.75, 3.05) is 40.4 Å². The van der Waals surface area contributed by atoms with Gasteiger partial charge in [0.1, 0.15) is 17.5 Å². The van der Waals surface area contributed by atoms with E-state index in [9.17, 15) is 4.79 Å². The van der Waals surface area contributed by atoms with Gasteiger partial charge in [-0.05, 0) is 12.1 Å². The number of hydrogen-bond acceptors (Lipinski definition) is 3. The lowest BCUT2D eigenvalue weighted by Gasteiger charge is -2.37. The van der Waals surface area contributed by atoms with E-state index in [1.54, 1.807) is 32.4 Å². The van der Waals surface area contributed by atoms with Crippen molar-refractivity contribution in [1.29, 1.82) is 0 Å². The molecule has 1 N–H and O–H groups in total. The summed E-state index contributed by atoms with van der Waals surface area (Å²) in [6.45, 7) is 3.20. The van der Waals surface area contributed by atoms with Crippen LogP contribution in [0.4, 0.5) is 0 Å². The first-order valence-electron chi connectivity index (χ1n) is 10.7. The number of carbonyl (C=O) groups is 1. The van der Waals surface area contributed by atoms with Gasteiger partial charge in [0.05, 0.1) is 40.4 Å². The van der Waals surface area contributed by atoms with Crippen LogP contribution < -0.4 is 14.4 Å². The Hall–Kier alpha value is -3.31. The van der Waals surface area contributed by atoms with Crippen LogP contribution in [0.5, 0.6) is 11.5 Å². The third-order valence-electron chi connectivity index (χ3n) is 5.97. The maximum absolute atomic E-state index is 13.2. The number of methoxy groups -OCH3 is 2. The molecule has 0 aromatic heterocycles. The third-order valence-corrected chi connectivity index (χ3v) is 5.97. The molecule has 1 amide bonds. The van der Waals surface area contributed by atoms with Crippen molar-refractivity contribution < 1.29 is 19.2 Å². The van der Waals surface area contributed by atoms with E-state index >= 15 is 0 Å². The lowest BCUT2D eigenvalue weighted by atomic mass is 9.96. The molecule has 0 saturated carbocycles. The highest BCUT2D eigenvalue weighted by molar-refractivity contribution is 5.95. The van der Waals surface area contributed by atoms with Gasteiger partial charge in [-0.25, -0.2) is 0 Å². The molecule has 1 aliphatic heterocycles. The van der Waals surface area contributed by atoms with Crippen molar-refractivity contribution >= 4 is 5.91 Å². The molecule has 3 aromatic carbocycles. The SMILES string of the molecule is COc1cc(OC)cc(C(=O)N2CC[NH+](C(c3ccccc3)c3ccccc3)CC2)c1. The lowest BCUT2D eigenvalue weighted by molar-refractivity contribution is -0.929. The number of hydrogen-bond donors (Lipinski definition) is 1. The fourth-order valence-electron chi connectivity index (χ4n) is 4.35.